The van der Waals surface area contributed by atoms with Gasteiger partial charge in [-0.25, -0.2) is 8.78 Å². The molecule has 0 bridgehead atoms. The molecule has 0 spiro atoms. The van der Waals surface area contributed by atoms with E-state index in [1.54, 1.807) is 24.3 Å². The molecule has 2 aromatic carbocycles. The number of aromatic nitrogens is 2. The summed E-state index contributed by atoms with van der Waals surface area (Å²) in [6.07, 6.45) is -2.76. The lowest BCUT2D eigenvalue weighted by Gasteiger charge is -2.17. The molecule has 0 radical (unpaired) electrons. The summed E-state index contributed by atoms with van der Waals surface area (Å²) in [5.41, 5.74) is -0.566. The van der Waals surface area contributed by atoms with Crippen LogP contribution in [0.15, 0.2) is 47.5 Å². The Hall–Kier alpha value is -3.25. The van der Waals surface area contributed by atoms with Crippen LogP contribution in [0.1, 0.15) is 41.5 Å². The summed E-state index contributed by atoms with van der Waals surface area (Å²) in [7, 11) is 0. The summed E-state index contributed by atoms with van der Waals surface area (Å²) in [5, 5.41) is 7.82. The summed E-state index contributed by atoms with van der Waals surface area (Å²) >= 11 is 0.878. The average Bonchev–Trinajstić information content (AvgIpc) is 3.56. The Morgan fingerprint density at radius 2 is 1.97 bits per heavy atom. The lowest BCUT2D eigenvalue weighted by atomic mass is 10.0. The van der Waals surface area contributed by atoms with Gasteiger partial charge in [0.25, 0.3) is 17.6 Å². The number of nitrogens with one attached hydrogen (secondary N) is 1. The maximum Gasteiger partial charge on any atom is 0.416 e. The van der Waals surface area contributed by atoms with E-state index in [-0.39, 0.29) is 29.3 Å². The fourth-order valence-electron chi connectivity index (χ4n) is 4.54. The molecule has 3 heterocycles. The molecule has 6 nitrogen and oxygen atoms in total. The minimum absolute atomic E-state index is 0.0301. The molecule has 2 aliphatic heterocycles. The highest BCUT2D eigenvalue weighted by Crippen LogP contribution is 2.35. The zero-order chi connectivity index (χ0) is 26.3. The van der Waals surface area contributed by atoms with Gasteiger partial charge in [-0.05, 0) is 72.6 Å². The molecule has 2 aliphatic rings. The van der Waals surface area contributed by atoms with Crippen LogP contribution >= 0.6 is 11.8 Å². The van der Waals surface area contributed by atoms with Gasteiger partial charge in [0.05, 0.1) is 28.7 Å². The molecular weight excluding hydrogens is 515 g/mol. The first-order valence-corrected chi connectivity index (χ1v) is 12.3. The van der Waals surface area contributed by atoms with Gasteiger partial charge in [-0.2, -0.15) is 18.3 Å². The number of fused-ring (bicyclic) bond motifs is 1. The first-order chi connectivity index (χ1) is 17.6. The molecule has 0 saturated carbocycles. The van der Waals surface area contributed by atoms with E-state index in [4.69, 9.17) is 0 Å². The van der Waals surface area contributed by atoms with Gasteiger partial charge in [0, 0.05) is 23.5 Å². The van der Waals surface area contributed by atoms with Crippen LogP contribution in [-0.2, 0) is 17.5 Å². The number of alkyl halides is 5. The molecule has 2 amide bonds. The van der Waals surface area contributed by atoms with Gasteiger partial charge >= 0.3 is 6.18 Å². The smallest absolute Gasteiger partial charge is 0.312 e. The first kappa shape index (κ1) is 25.4. The highest BCUT2D eigenvalue weighted by Gasteiger charge is 2.37. The van der Waals surface area contributed by atoms with Crippen LogP contribution in [0.3, 0.4) is 0 Å². The fraction of sp³-hybridized carbons (Fsp3) is 0.320. The SMILES string of the molecule is O=C1SC(=Cc2ccc3c(cnn3Cc3ccc(C(F)(F)F)cc3C(F)F)c2)C(=O)N1CC1CCCN1. The van der Waals surface area contributed by atoms with Gasteiger partial charge in [-0.15, -0.1) is 0 Å². The second kappa shape index (κ2) is 9.90. The molecule has 1 aromatic heterocycles. The van der Waals surface area contributed by atoms with E-state index in [0.717, 1.165) is 43.3 Å². The molecule has 3 aromatic rings. The topological polar surface area (TPSA) is 67.2 Å². The standard InChI is InChI=1S/C25H21F5N4O2S/c26-22(27)19-10-17(25(28,29)30)5-4-15(19)12-34-20-6-3-14(8-16(20)11-32-34)9-21-23(35)33(24(36)37-21)13-18-2-1-7-31-18/h3-6,8-11,18,22,31H,1-2,7,12-13H2. The highest BCUT2D eigenvalue weighted by molar-refractivity contribution is 8.18. The van der Waals surface area contributed by atoms with Gasteiger partial charge in [-0.3, -0.25) is 19.2 Å². The van der Waals surface area contributed by atoms with Crippen molar-refractivity contribution in [2.75, 3.05) is 13.1 Å². The number of rotatable bonds is 6. The van der Waals surface area contributed by atoms with Crippen molar-refractivity contribution in [3.63, 3.8) is 0 Å². The normalized spacial score (nSPS) is 19.8. The lowest BCUT2D eigenvalue weighted by molar-refractivity contribution is -0.137. The maximum atomic E-state index is 13.5. The number of hydrogen-bond donors (Lipinski definition) is 1. The molecule has 12 heteroatoms. The van der Waals surface area contributed by atoms with Crippen molar-refractivity contribution in [3.05, 3.63) is 69.8 Å². The van der Waals surface area contributed by atoms with Gasteiger partial charge < -0.3 is 5.32 Å². The molecule has 1 atom stereocenters. The number of hydrogen-bond acceptors (Lipinski definition) is 5. The quantitative estimate of drug-likeness (QED) is 0.317. The zero-order valence-electron chi connectivity index (χ0n) is 19.3. The predicted octanol–water partition coefficient (Wildman–Crippen LogP) is 5.83. The van der Waals surface area contributed by atoms with E-state index in [2.05, 4.69) is 10.4 Å². The Kier molecular flexibility index (Phi) is 6.80. The van der Waals surface area contributed by atoms with Crippen molar-refractivity contribution >= 4 is 39.9 Å². The molecule has 2 fully saturated rings. The summed E-state index contributed by atoms with van der Waals surface area (Å²) in [6, 6.07) is 7.53. The molecule has 1 unspecified atom stereocenters. The maximum absolute atomic E-state index is 13.5. The third-order valence-corrected chi connectivity index (χ3v) is 7.34. The zero-order valence-corrected chi connectivity index (χ0v) is 20.1. The van der Waals surface area contributed by atoms with Crippen LogP contribution in [-0.4, -0.2) is 45.0 Å². The van der Waals surface area contributed by atoms with Crippen LogP contribution in [0.25, 0.3) is 17.0 Å². The molecule has 5 rings (SSSR count). The second-order valence-corrected chi connectivity index (χ2v) is 9.91. The van der Waals surface area contributed by atoms with Crippen molar-refractivity contribution in [2.45, 2.75) is 38.0 Å². The van der Waals surface area contributed by atoms with E-state index >= 15 is 0 Å². The van der Waals surface area contributed by atoms with Crippen molar-refractivity contribution in [2.24, 2.45) is 0 Å². The molecule has 1 N–H and O–H groups in total. The first-order valence-electron chi connectivity index (χ1n) is 11.5. The number of carbonyl (C=O) groups is 2. The van der Waals surface area contributed by atoms with Crippen LogP contribution in [0, 0.1) is 0 Å². The van der Waals surface area contributed by atoms with Crippen molar-refractivity contribution in [1.82, 2.24) is 20.0 Å². The second-order valence-electron chi connectivity index (χ2n) is 8.92. The highest BCUT2D eigenvalue weighted by atomic mass is 32.2. The van der Waals surface area contributed by atoms with E-state index in [9.17, 15) is 31.5 Å². The number of thioether (sulfide) groups is 1. The van der Waals surface area contributed by atoms with E-state index in [1.165, 1.54) is 15.8 Å². The largest absolute Gasteiger partial charge is 0.416 e. The third-order valence-electron chi connectivity index (χ3n) is 6.43. The monoisotopic (exact) mass is 536 g/mol. The number of imide groups is 1. The number of nitrogens with zero attached hydrogens (tertiary/aromatic N) is 3. The lowest BCUT2D eigenvalue weighted by Crippen LogP contribution is -2.39. The molecule has 0 aliphatic carbocycles. The van der Waals surface area contributed by atoms with Crippen LogP contribution in [0.5, 0.6) is 0 Å². The van der Waals surface area contributed by atoms with Gasteiger partial charge in [0.2, 0.25) is 0 Å². The van der Waals surface area contributed by atoms with Crippen molar-refractivity contribution < 1.29 is 31.5 Å². The predicted molar refractivity (Wildman–Crippen MR) is 129 cm³/mol. The van der Waals surface area contributed by atoms with E-state index in [1.807, 2.05) is 0 Å². The number of benzene rings is 2. The van der Waals surface area contributed by atoms with Crippen molar-refractivity contribution in [3.8, 4) is 0 Å². The van der Waals surface area contributed by atoms with Gasteiger partial charge in [-0.1, -0.05) is 12.1 Å². The molecule has 194 valence electrons. The Balaban J connectivity index is 1.37. The minimum Gasteiger partial charge on any atom is -0.312 e. The molecule has 37 heavy (non-hydrogen) atoms. The number of halogens is 5. The third kappa shape index (κ3) is 5.26. The Morgan fingerprint density at radius 1 is 1.16 bits per heavy atom. The van der Waals surface area contributed by atoms with E-state index < -0.39 is 23.7 Å². The van der Waals surface area contributed by atoms with Gasteiger partial charge in [0.1, 0.15) is 0 Å². The minimum atomic E-state index is -4.72. The van der Waals surface area contributed by atoms with Crippen molar-refractivity contribution in [1.29, 1.82) is 0 Å². The number of carbonyl (C=O) groups excluding carboxylic acids is 2. The summed E-state index contributed by atoms with van der Waals surface area (Å²) in [6.45, 7) is 1.06. The molecule has 2 saturated heterocycles. The summed E-state index contributed by atoms with van der Waals surface area (Å²) in [4.78, 5) is 26.7. The van der Waals surface area contributed by atoms with Crippen LogP contribution in [0.4, 0.5) is 26.7 Å². The average molecular weight is 537 g/mol. The Bertz CT molecular complexity index is 1400. The molecular formula is C25H21F5N4O2S. The van der Waals surface area contributed by atoms with Crippen LogP contribution < -0.4 is 5.32 Å². The summed E-state index contributed by atoms with van der Waals surface area (Å²) < 4.78 is 67.4. The fourth-order valence-corrected chi connectivity index (χ4v) is 5.39. The van der Waals surface area contributed by atoms with Crippen LogP contribution in [0.2, 0.25) is 0 Å². The number of amides is 2. The Labute approximate surface area is 212 Å². The Morgan fingerprint density at radius 3 is 2.68 bits per heavy atom. The van der Waals surface area contributed by atoms with E-state index in [0.29, 0.717) is 34.0 Å². The van der Waals surface area contributed by atoms with Gasteiger partial charge in [0.15, 0.2) is 0 Å². The summed E-state index contributed by atoms with van der Waals surface area (Å²) in [5.74, 6) is -0.346.